The molecule has 0 aliphatic carbocycles. The van der Waals surface area contributed by atoms with Gasteiger partial charge in [-0.3, -0.25) is 14.4 Å². The zero-order chi connectivity index (χ0) is 23.6. The van der Waals surface area contributed by atoms with Gasteiger partial charge >= 0.3 is 0 Å². The van der Waals surface area contributed by atoms with Crippen LogP contribution in [0.2, 0.25) is 0 Å². The van der Waals surface area contributed by atoms with Crippen LogP contribution in [0.4, 0.5) is 14.6 Å². The Morgan fingerprint density at radius 2 is 1.91 bits per heavy atom. The van der Waals surface area contributed by atoms with Crippen molar-refractivity contribution in [1.82, 2.24) is 34.2 Å². The van der Waals surface area contributed by atoms with E-state index in [0.717, 1.165) is 22.6 Å². The van der Waals surface area contributed by atoms with Gasteiger partial charge in [0, 0.05) is 42.7 Å². The first-order valence-electron chi connectivity index (χ1n) is 10.7. The molecule has 1 amide bonds. The van der Waals surface area contributed by atoms with E-state index in [1.807, 2.05) is 27.0 Å². The van der Waals surface area contributed by atoms with Crippen LogP contribution in [0, 0.1) is 20.8 Å². The van der Waals surface area contributed by atoms with E-state index in [0.29, 0.717) is 17.2 Å². The summed E-state index contributed by atoms with van der Waals surface area (Å²) in [4.78, 5) is 19.5. The lowest BCUT2D eigenvalue weighted by Gasteiger charge is -2.37. The van der Waals surface area contributed by atoms with Gasteiger partial charge in [0.15, 0.2) is 11.3 Å². The van der Waals surface area contributed by atoms with Crippen LogP contribution in [-0.2, 0) is 7.05 Å². The predicted octanol–water partition coefficient (Wildman–Crippen LogP) is 3.50. The van der Waals surface area contributed by atoms with Crippen molar-refractivity contribution >= 4 is 17.4 Å². The second-order valence-corrected chi connectivity index (χ2v) is 8.55. The Kier molecular flexibility index (Phi) is 4.80. The lowest BCUT2D eigenvalue weighted by Crippen LogP contribution is -2.46. The molecule has 11 heteroatoms. The molecule has 1 aliphatic heterocycles. The number of nitrogens with zero attached hydrogens (tertiary/aromatic N) is 8. The Morgan fingerprint density at radius 1 is 1.15 bits per heavy atom. The molecule has 0 spiro atoms. The number of aryl methyl sites for hydroxylation is 3. The molecule has 4 aromatic rings. The average Bonchev–Trinajstić information content (AvgIpc) is 3.42. The van der Waals surface area contributed by atoms with Crippen molar-refractivity contribution in [2.45, 2.75) is 52.6 Å². The van der Waals surface area contributed by atoms with Gasteiger partial charge in [-0.1, -0.05) is 0 Å². The third kappa shape index (κ3) is 3.21. The van der Waals surface area contributed by atoms with Crippen molar-refractivity contribution in [3.05, 3.63) is 47.2 Å². The van der Waals surface area contributed by atoms with Crippen LogP contribution in [0.25, 0.3) is 16.9 Å². The Bertz CT molecular complexity index is 1380. The number of hydrogen-bond acceptors (Lipinski definition) is 5. The molecule has 0 fully saturated rings. The Hall–Kier alpha value is -3.63. The molecule has 0 saturated heterocycles. The summed E-state index contributed by atoms with van der Waals surface area (Å²) in [7, 11) is 1.87. The number of alkyl halides is 2. The Balaban J connectivity index is 1.60. The molecule has 172 valence electrons. The number of anilines is 1. The second kappa shape index (κ2) is 7.46. The van der Waals surface area contributed by atoms with Crippen LogP contribution < -0.4 is 4.90 Å². The smallest absolute Gasteiger partial charge is 0.280 e. The molecule has 1 aliphatic rings. The minimum absolute atomic E-state index is 0.0997. The number of rotatable bonds is 3. The van der Waals surface area contributed by atoms with Crippen LogP contribution in [0.1, 0.15) is 47.0 Å². The average molecular weight is 454 g/mol. The molecule has 2 atom stereocenters. The molecule has 33 heavy (non-hydrogen) atoms. The highest BCUT2D eigenvalue weighted by atomic mass is 19.3. The van der Waals surface area contributed by atoms with Gasteiger partial charge in [0.25, 0.3) is 12.3 Å². The fourth-order valence-corrected chi connectivity index (χ4v) is 4.68. The maximum Gasteiger partial charge on any atom is 0.280 e. The molecule has 0 radical (unpaired) electrons. The molecule has 5 rings (SSSR count). The van der Waals surface area contributed by atoms with E-state index in [4.69, 9.17) is 0 Å². The molecule has 9 nitrogen and oxygen atoms in total. The number of halogens is 2. The van der Waals surface area contributed by atoms with Crippen molar-refractivity contribution in [3.63, 3.8) is 0 Å². The van der Waals surface area contributed by atoms with E-state index in [1.165, 1.54) is 9.58 Å². The molecule has 0 aromatic carbocycles. The first-order valence-corrected chi connectivity index (χ1v) is 10.7. The highest BCUT2D eigenvalue weighted by Crippen LogP contribution is 2.37. The topological polar surface area (TPSA) is 86.1 Å². The summed E-state index contributed by atoms with van der Waals surface area (Å²) in [5.41, 5.74) is 4.77. The summed E-state index contributed by atoms with van der Waals surface area (Å²) < 4.78 is 32.0. The molecule has 2 unspecified atom stereocenters. The fraction of sp³-hybridized carbons (Fsp3) is 0.409. The summed E-state index contributed by atoms with van der Waals surface area (Å²) >= 11 is 0. The van der Waals surface area contributed by atoms with E-state index in [-0.39, 0.29) is 18.0 Å². The Morgan fingerprint density at radius 3 is 2.58 bits per heavy atom. The predicted molar refractivity (Wildman–Crippen MR) is 118 cm³/mol. The largest absolute Gasteiger partial charge is 0.289 e. The number of amides is 1. The minimum Gasteiger partial charge on any atom is -0.289 e. The third-order valence-electron chi connectivity index (χ3n) is 6.27. The normalized spacial score (nSPS) is 18.4. The van der Waals surface area contributed by atoms with Gasteiger partial charge in [-0.05, 0) is 40.2 Å². The summed E-state index contributed by atoms with van der Waals surface area (Å²) in [6, 6.07) is 3.59. The lowest BCUT2D eigenvalue weighted by atomic mass is 10.0. The van der Waals surface area contributed by atoms with E-state index in [9.17, 15) is 13.6 Å². The van der Waals surface area contributed by atoms with E-state index >= 15 is 0 Å². The Labute approximate surface area is 188 Å². The molecule has 0 saturated carbocycles. The van der Waals surface area contributed by atoms with Crippen LogP contribution in [0.3, 0.4) is 0 Å². The molecular weight excluding hydrogens is 430 g/mol. The summed E-state index contributed by atoms with van der Waals surface area (Å²) in [5, 5.41) is 13.3. The van der Waals surface area contributed by atoms with Crippen molar-refractivity contribution in [3.8, 4) is 11.3 Å². The quantitative estimate of drug-likeness (QED) is 0.473. The fourth-order valence-electron chi connectivity index (χ4n) is 4.68. The maximum atomic E-state index is 13.6. The maximum absolute atomic E-state index is 13.6. The van der Waals surface area contributed by atoms with Gasteiger partial charge in [0.2, 0.25) is 0 Å². The van der Waals surface area contributed by atoms with Gasteiger partial charge in [0.05, 0.1) is 17.1 Å². The molecular formula is C22H24F2N8O. The first-order chi connectivity index (χ1) is 15.7. The van der Waals surface area contributed by atoms with Crippen molar-refractivity contribution in [2.24, 2.45) is 7.05 Å². The number of fused-ring (bicyclic) bond motifs is 2. The standard InChI is InChI=1S/C22H24F2N8O/c1-11-8-19-30(12(2)9-17(21(23)24)32(19)26-11)22(33)15-10-18-25-7-6-16(31(18)28-15)20-13(3)27-29(5)14(20)4/h6-8,10,12,17,21H,9H2,1-5H3. The van der Waals surface area contributed by atoms with Gasteiger partial charge in [-0.2, -0.15) is 15.3 Å². The zero-order valence-electron chi connectivity index (χ0n) is 19.0. The van der Waals surface area contributed by atoms with Crippen LogP contribution in [0.15, 0.2) is 24.4 Å². The molecule has 5 heterocycles. The van der Waals surface area contributed by atoms with Gasteiger partial charge in [-0.25, -0.2) is 23.0 Å². The minimum atomic E-state index is -2.57. The summed E-state index contributed by atoms with van der Waals surface area (Å²) in [6.45, 7) is 7.37. The van der Waals surface area contributed by atoms with Gasteiger partial charge < -0.3 is 0 Å². The number of carbonyl (C=O) groups is 1. The van der Waals surface area contributed by atoms with Crippen LogP contribution >= 0.6 is 0 Å². The van der Waals surface area contributed by atoms with Crippen molar-refractivity contribution in [2.75, 3.05) is 4.90 Å². The highest BCUT2D eigenvalue weighted by molar-refractivity contribution is 6.05. The van der Waals surface area contributed by atoms with Gasteiger partial charge in [0.1, 0.15) is 11.9 Å². The van der Waals surface area contributed by atoms with Crippen molar-refractivity contribution < 1.29 is 13.6 Å². The second-order valence-electron chi connectivity index (χ2n) is 8.55. The zero-order valence-corrected chi connectivity index (χ0v) is 19.0. The van der Waals surface area contributed by atoms with E-state index in [1.54, 1.807) is 41.4 Å². The van der Waals surface area contributed by atoms with E-state index in [2.05, 4.69) is 20.3 Å². The van der Waals surface area contributed by atoms with Gasteiger partial charge in [-0.15, -0.1) is 0 Å². The number of aromatic nitrogens is 7. The monoisotopic (exact) mass is 454 g/mol. The van der Waals surface area contributed by atoms with Crippen molar-refractivity contribution in [1.29, 1.82) is 0 Å². The first kappa shape index (κ1) is 21.2. The highest BCUT2D eigenvalue weighted by Gasteiger charge is 2.39. The molecule has 0 bridgehead atoms. The number of carbonyl (C=O) groups excluding carboxylic acids is 1. The lowest BCUT2D eigenvalue weighted by molar-refractivity contribution is 0.0608. The SMILES string of the molecule is Cc1cc2n(n1)C(C(F)F)CC(C)N2C(=O)c1cc2nccc(-c3c(C)nn(C)c3C)n2n1. The number of hydrogen-bond donors (Lipinski definition) is 0. The molecule has 4 aromatic heterocycles. The third-order valence-corrected chi connectivity index (χ3v) is 6.27. The van der Waals surface area contributed by atoms with E-state index < -0.39 is 18.5 Å². The van der Waals surface area contributed by atoms with Crippen LogP contribution in [-0.4, -0.2) is 52.5 Å². The summed E-state index contributed by atoms with van der Waals surface area (Å²) in [5.74, 6) is -0.0295. The molecule has 0 N–H and O–H groups in total. The van der Waals surface area contributed by atoms with Crippen LogP contribution in [0.5, 0.6) is 0 Å². The summed E-state index contributed by atoms with van der Waals surface area (Å²) in [6.07, 6.45) is -0.805.